The van der Waals surface area contributed by atoms with Crippen LogP contribution in [0.3, 0.4) is 0 Å². The Kier molecular flexibility index (Phi) is 4.67. The van der Waals surface area contributed by atoms with E-state index in [-0.39, 0.29) is 0 Å². The highest BCUT2D eigenvalue weighted by molar-refractivity contribution is 7.89. The topological polar surface area (TPSA) is 52.7 Å². The second-order valence-electron chi connectivity index (χ2n) is 5.40. The molecule has 1 aliphatic rings. The Morgan fingerprint density at radius 2 is 1.90 bits per heavy atom. The van der Waals surface area contributed by atoms with E-state index in [0.717, 1.165) is 18.5 Å². The maximum atomic E-state index is 12.6. The molecule has 0 amide bonds. The van der Waals surface area contributed by atoms with Crippen LogP contribution >= 0.6 is 0 Å². The fraction of sp³-hybridized carbons (Fsp3) is 0.571. The summed E-state index contributed by atoms with van der Waals surface area (Å²) in [5, 5.41) is 2.99. The number of benzene rings is 1. The lowest BCUT2D eigenvalue weighted by molar-refractivity contribution is 0.190. The van der Waals surface area contributed by atoms with Gasteiger partial charge in [0.15, 0.2) is 0 Å². The standard InChI is InChI=1S/C14H23N3O2S/c1-15-12-6-8-14(9-7-12)20(18,19)17-10-4-5-13(11-17)16(2)3/h6-9,13,15H,4-5,10-11H2,1-3H3. The quantitative estimate of drug-likeness (QED) is 0.914. The van der Waals surface area contributed by atoms with Crippen LogP contribution in [0, 0.1) is 0 Å². The van der Waals surface area contributed by atoms with E-state index in [1.165, 1.54) is 0 Å². The first-order valence-electron chi connectivity index (χ1n) is 6.89. The highest BCUT2D eigenvalue weighted by atomic mass is 32.2. The van der Waals surface area contributed by atoms with Gasteiger partial charge in [0, 0.05) is 31.9 Å². The van der Waals surface area contributed by atoms with Crippen molar-refractivity contribution in [3.63, 3.8) is 0 Å². The molecule has 0 spiro atoms. The summed E-state index contributed by atoms with van der Waals surface area (Å²) < 4.78 is 26.9. The van der Waals surface area contributed by atoms with Gasteiger partial charge in [0.1, 0.15) is 0 Å². The van der Waals surface area contributed by atoms with E-state index in [1.54, 1.807) is 28.6 Å². The molecule has 0 aliphatic carbocycles. The molecule has 1 unspecified atom stereocenters. The number of anilines is 1. The number of piperidine rings is 1. The molecule has 5 nitrogen and oxygen atoms in total. The minimum atomic E-state index is -3.37. The molecule has 1 aromatic carbocycles. The van der Waals surface area contributed by atoms with Gasteiger partial charge < -0.3 is 10.2 Å². The summed E-state index contributed by atoms with van der Waals surface area (Å²) in [5.74, 6) is 0. The smallest absolute Gasteiger partial charge is 0.243 e. The molecular formula is C14H23N3O2S. The van der Waals surface area contributed by atoms with Crippen LogP contribution in [0.2, 0.25) is 0 Å². The minimum Gasteiger partial charge on any atom is -0.388 e. The lowest BCUT2D eigenvalue weighted by atomic mass is 10.1. The van der Waals surface area contributed by atoms with Crippen molar-refractivity contribution < 1.29 is 8.42 Å². The number of nitrogens with one attached hydrogen (secondary N) is 1. The number of hydrogen-bond donors (Lipinski definition) is 1. The Morgan fingerprint density at radius 3 is 2.45 bits per heavy atom. The zero-order valence-electron chi connectivity index (χ0n) is 12.3. The third-order valence-corrected chi connectivity index (χ3v) is 5.75. The number of nitrogens with zero attached hydrogens (tertiary/aromatic N) is 2. The van der Waals surface area contributed by atoms with Crippen LogP contribution in [0.15, 0.2) is 29.2 Å². The van der Waals surface area contributed by atoms with Crippen molar-refractivity contribution in [2.24, 2.45) is 0 Å². The van der Waals surface area contributed by atoms with Gasteiger partial charge in [-0.1, -0.05) is 0 Å². The van der Waals surface area contributed by atoms with Crippen LogP contribution in [0.1, 0.15) is 12.8 Å². The summed E-state index contributed by atoms with van der Waals surface area (Å²) in [6.07, 6.45) is 1.97. The molecule has 0 aromatic heterocycles. The van der Waals surface area contributed by atoms with Gasteiger partial charge in [-0.15, -0.1) is 0 Å². The molecule has 2 rings (SSSR count). The highest BCUT2D eigenvalue weighted by Crippen LogP contribution is 2.23. The number of likely N-dealkylation sites (N-methyl/N-ethyl adjacent to an activating group) is 1. The van der Waals surface area contributed by atoms with E-state index in [9.17, 15) is 8.42 Å². The van der Waals surface area contributed by atoms with Crippen molar-refractivity contribution in [2.45, 2.75) is 23.8 Å². The summed E-state index contributed by atoms with van der Waals surface area (Å²) in [6, 6.07) is 7.22. The summed E-state index contributed by atoms with van der Waals surface area (Å²) >= 11 is 0. The number of hydrogen-bond acceptors (Lipinski definition) is 4. The van der Waals surface area contributed by atoms with Gasteiger partial charge in [-0.05, 0) is 51.2 Å². The Morgan fingerprint density at radius 1 is 1.25 bits per heavy atom. The van der Waals surface area contributed by atoms with E-state index in [1.807, 2.05) is 21.1 Å². The van der Waals surface area contributed by atoms with Crippen LogP contribution in [-0.4, -0.2) is 57.9 Å². The molecule has 0 radical (unpaired) electrons. The monoisotopic (exact) mass is 297 g/mol. The summed E-state index contributed by atoms with van der Waals surface area (Å²) in [5.41, 5.74) is 0.911. The van der Waals surface area contributed by atoms with Gasteiger partial charge in [0.2, 0.25) is 10.0 Å². The lowest BCUT2D eigenvalue weighted by Crippen LogP contribution is -2.47. The first-order chi connectivity index (χ1) is 9.45. The zero-order valence-corrected chi connectivity index (χ0v) is 13.2. The van der Waals surface area contributed by atoms with Crippen LogP contribution in [0.4, 0.5) is 5.69 Å². The molecule has 0 saturated carbocycles. The largest absolute Gasteiger partial charge is 0.388 e. The molecule has 1 saturated heterocycles. The summed E-state index contributed by atoms with van der Waals surface area (Å²) in [6.45, 7) is 1.18. The molecule has 1 heterocycles. The van der Waals surface area contributed by atoms with Crippen molar-refractivity contribution in [3.8, 4) is 0 Å². The minimum absolute atomic E-state index is 0.301. The van der Waals surface area contributed by atoms with Gasteiger partial charge in [0.25, 0.3) is 0 Å². The lowest BCUT2D eigenvalue weighted by Gasteiger charge is -2.35. The number of rotatable bonds is 4. The first-order valence-corrected chi connectivity index (χ1v) is 8.33. The van der Waals surface area contributed by atoms with Gasteiger partial charge in [0.05, 0.1) is 4.90 Å². The molecule has 1 aromatic rings. The Labute approximate surface area is 121 Å². The second kappa shape index (κ2) is 6.11. The number of sulfonamides is 1. The molecular weight excluding hydrogens is 274 g/mol. The highest BCUT2D eigenvalue weighted by Gasteiger charge is 2.30. The second-order valence-corrected chi connectivity index (χ2v) is 7.34. The average molecular weight is 297 g/mol. The molecule has 1 atom stereocenters. The zero-order chi connectivity index (χ0) is 14.8. The van der Waals surface area contributed by atoms with Crippen molar-refractivity contribution in [1.29, 1.82) is 0 Å². The van der Waals surface area contributed by atoms with Crippen molar-refractivity contribution in [3.05, 3.63) is 24.3 Å². The van der Waals surface area contributed by atoms with E-state index in [0.29, 0.717) is 24.0 Å². The predicted molar refractivity (Wildman–Crippen MR) is 81.5 cm³/mol. The normalized spacial score (nSPS) is 21.1. The van der Waals surface area contributed by atoms with E-state index in [2.05, 4.69) is 10.2 Å². The Bertz CT molecular complexity index is 540. The van der Waals surface area contributed by atoms with Gasteiger partial charge in [-0.3, -0.25) is 0 Å². The third-order valence-electron chi connectivity index (χ3n) is 3.87. The fourth-order valence-electron chi connectivity index (χ4n) is 2.50. The van der Waals surface area contributed by atoms with E-state index in [4.69, 9.17) is 0 Å². The summed E-state index contributed by atoms with van der Waals surface area (Å²) in [4.78, 5) is 2.47. The van der Waals surface area contributed by atoms with Crippen LogP contribution < -0.4 is 5.32 Å². The molecule has 1 fully saturated rings. The van der Waals surface area contributed by atoms with Crippen LogP contribution in [0.5, 0.6) is 0 Å². The maximum Gasteiger partial charge on any atom is 0.243 e. The molecule has 112 valence electrons. The molecule has 1 aliphatic heterocycles. The van der Waals surface area contributed by atoms with Gasteiger partial charge >= 0.3 is 0 Å². The molecule has 6 heteroatoms. The first kappa shape index (κ1) is 15.3. The van der Waals surface area contributed by atoms with Crippen LogP contribution in [-0.2, 0) is 10.0 Å². The summed E-state index contributed by atoms with van der Waals surface area (Å²) in [7, 11) is 2.45. The van der Waals surface area contributed by atoms with Crippen LogP contribution in [0.25, 0.3) is 0 Å². The maximum absolute atomic E-state index is 12.6. The SMILES string of the molecule is CNc1ccc(S(=O)(=O)N2CCCC(N(C)C)C2)cc1. The van der Waals surface area contributed by atoms with Crippen molar-refractivity contribution >= 4 is 15.7 Å². The van der Waals surface area contributed by atoms with Gasteiger partial charge in [-0.25, -0.2) is 8.42 Å². The van der Waals surface area contributed by atoms with Gasteiger partial charge in [-0.2, -0.15) is 4.31 Å². The van der Waals surface area contributed by atoms with Crippen molar-refractivity contribution in [1.82, 2.24) is 9.21 Å². The molecule has 0 bridgehead atoms. The predicted octanol–water partition coefficient (Wildman–Crippen LogP) is 1.44. The van der Waals surface area contributed by atoms with E-state index >= 15 is 0 Å². The fourth-order valence-corrected chi connectivity index (χ4v) is 4.02. The molecule has 1 N–H and O–H groups in total. The average Bonchev–Trinajstić information content (AvgIpc) is 2.47. The van der Waals surface area contributed by atoms with E-state index < -0.39 is 10.0 Å². The third kappa shape index (κ3) is 3.13. The van der Waals surface area contributed by atoms with Crippen molar-refractivity contribution in [2.75, 3.05) is 39.5 Å². The Balaban J connectivity index is 2.20. The Hall–Kier alpha value is -1.11. The molecule has 20 heavy (non-hydrogen) atoms.